The standard InChI is InChI=1S/C22H16FN3O2S3/c23-17-5-2-1-4-16(17)21(28)24-14-7-9-15(10-8-14)30-13-20(27)26-22-25-18(12-31-22)19-6-3-11-29-19/h1-12H,13H2,(H,24,28)(H,25,26,27). The first-order valence-electron chi connectivity index (χ1n) is 9.16. The van der Waals surface area contributed by atoms with E-state index in [0.29, 0.717) is 10.8 Å². The molecule has 0 unspecified atom stereocenters. The van der Waals surface area contributed by atoms with Gasteiger partial charge in [0, 0.05) is 16.0 Å². The van der Waals surface area contributed by atoms with Crippen LogP contribution in [-0.4, -0.2) is 22.6 Å². The molecule has 4 rings (SSSR count). The number of nitrogens with one attached hydrogen (secondary N) is 2. The van der Waals surface area contributed by atoms with Crippen molar-refractivity contribution >= 4 is 57.1 Å². The summed E-state index contributed by atoms with van der Waals surface area (Å²) in [6.45, 7) is 0. The lowest BCUT2D eigenvalue weighted by Gasteiger charge is -2.07. The SMILES string of the molecule is O=C(CSc1ccc(NC(=O)c2ccccc2F)cc1)Nc1nc(-c2cccs2)cs1. The van der Waals surface area contributed by atoms with E-state index in [-0.39, 0.29) is 17.2 Å². The largest absolute Gasteiger partial charge is 0.322 e. The Morgan fingerprint density at radius 2 is 1.77 bits per heavy atom. The minimum absolute atomic E-state index is 0.0120. The predicted molar refractivity (Wildman–Crippen MR) is 126 cm³/mol. The van der Waals surface area contributed by atoms with Crippen LogP contribution in [0.2, 0.25) is 0 Å². The second-order valence-electron chi connectivity index (χ2n) is 6.31. The minimum Gasteiger partial charge on any atom is -0.322 e. The number of carbonyl (C=O) groups is 2. The topological polar surface area (TPSA) is 71.1 Å². The Kier molecular flexibility index (Phi) is 6.76. The van der Waals surface area contributed by atoms with Gasteiger partial charge >= 0.3 is 0 Å². The maximum Gasteiger partial charge on any atom is 0.258 e. The molecule has 0 aliphatic heterocycles. The Balaban J connectivity index is 1.28. The van der Waals surface area contributed by atoms with E-state index in [1.807, 2.05) is 22.9 Å². The van der Waals surface area contributed by atoms with Crippen molar-refractivity contribution in [3.8, 4) is 10.6 Å². The number of rotatable bonds is 7. The van der Waals surface area contributed by atoms with E-state index in [1.54, 1.807) is 41.7 Å². The fraction of sp³-hybridized carbons (Fsp3) is 0.0455. The molecule has 0 fully saturated rings. The number of hydrogen-bond donors (Lipinski definition) is 2. The van der Waals surface area contributed by atoms with Gasteiger partial charge in [-0.1, -0.05) is 18.2 Å². The molecule has 31 heavy (non-hydrogen) atoms. The highest BCUT2D eigenvalue weighted by Gasteiger charge is 2.12. The van der Waals surface area contributed by atoms with Crippen LogP contribution in [-0.2, 0) is 4.79 Å². The van der Waals surface area contributed by atoms with Gasteiger partial charge in [-0.25, -0.2) is 9.37 Å². The van der Waals surface area contributed by atoms with Crippen molar-refractivity contribution in [1.82, 2.24) is 4.98 Å². The average Bonchev–Trinajstić information content (AvgIpc) is 3.45. The number of carbonyl (C=O) groups excluding carboxylic acids is 2. The van der Waals surface area contributed by atoms with E-state index < -0.39 is 11.7 Å². The van der Waals surface area contributed by atoms with Crippen LogP contribution >= 0.6 is 34.4 Å². The molecule has 0 bridgehead atoms. The molecule has 0 aliphatic carbocycles. The highest BCUT2D eigenvalue weighted by Crippen LogP contribution is 2.28. The van der Waals surface area contributed by atoms with Gasteiger partial charge in [-0.2, -0.15) is 0 Å². The summed E-state index contributed by atoms with van der Waals surface area (Å²) in [7, 11) is 0. The van der Waals surface area contributed by atoms with Crippen molar-refractivity contribution in [2.75, 3.05) is 16.4 Å². The summed E-state index contributed by atoms with van der Waals surface area (Å²) in [5.41, 5.74) is 1.39. The summed E-state index contributed by atoms with van der Waals surface area (Å²) < 4.78 is 13.7. The summed E-state index contributed by atoms with van der Waals surface area (Å²) in [6.07, 6.45) is 0. The fourth-order valence-corrected chi connectivity index (χ4v) is 4.84. The van der Waals surface area contributed by atoms with E-state index in [9.17, 15) is 14.0 Å². The molecular weight excluding hydrogens is 453 g/mol. The number of aromatic nitrogens is 1. The van der Waals surface area contributed by atoms with Crippen LogP contribution in [0.5, 0.6) is 0 Å². The second kappa shape index (κ2) is 9.86. The zero-order valence-corrected chi connectivity index (χ0v) is 18.5. The summed E-state index contributed by atoms with van der Waals surface area (Å²) in [4.78, 5) is 30.8. The number of anilines is 2. The molecule has 2 amide bonds. The summed E-state index contributed by atoms with van der Waals surface area (Å²) in [5.74, 6) is -0.993. The number of thiophene rings is 1. The van der Waals surface area contributed by atoms with Crippen molar-refractivity contribution in [2.45, 2.75) is 4.90 Å². The summed E-state index contributed by atoms with van der Waals surface area (Å²) in [5, 5.41) is 9.95. The number of thiazole rings is 1. The van der Waals surface area contributed by atoms with Crippen LogP contribution in [0, 0.1) is 5.82 Å². The Bertz CT molecular complexity index is 1190. The molecule has 2 aromatic carbocycles. The van der Waals surface area contributed by atoms with Crippen LogP contribution in [0.1, 0.15) is 10.4 Å². The maximum absolute atomic E-state index is 13.7. The highest BCUT2D eigenvalue weighted by atomic mass is 32.2. The van der Waals surface area contributed by atoms with Gasteiger partial charge in [0.25, 0.3) is 5.91 Å². The molecule has 0 saturated heterocycles. The predicted octanol–water partition coefficient (Wildman–Crippen LogP) is 5.99. The lowest BCUT2D eigenvalue weighted by molar-refractivity contribution is -0.113. The molecule has 0 spiro atoms. The van der Waals surface area contributed by atoms with Crippen LogP contribution < -0.4 is 10.6 Å². The van der Waals surface area contributed by atoms with Gasteiger partial charge in [0.1, 0.15) is 5.82 Å². The Morgan fingerprint density at radius 1 is 0.968 bits per heavy atom. The zero-order valence-electron chi connectivity index (χ0n) is 16.0. The van der Waals surface area contributed by atoms with Gasteiger partial charge in [0.05, 0.1) is 21.9 Å². The van der Waals surface area contributed by atoms with Gasteiger partial charge in [0.2, 0.25) is 5.91 Å². The maximum atomic E-state index is 13.7. The molecule has 0 radical (unpaired) electrons. The van der Waals surface area contributed by atoms with Crippen LogP contribution in [0.3, 0.4) is 0 Å². The molecule has 0 saturated carbocycles. The average molecular weight is 470 g/mol. The third kappa shape index (κ3) is 5.57. The van der Waals surface area contributed by atoms with E-state index >= 15 is 0 Å². The molecule has 156 valence electrons. The van der Waals surface area contributed by atoms with Gasteiger partial charge in [-0.3, -0.25) is 9.59 Å². The van der Waals surface area contributed by atoms with Gasteiger partial charge in [0.15, 0.2) is 5.13 Å². The molecule has 2 heterocycles. The van der Waals surface area contributed by atoms with Crippen LogP contribution in [0.4, 0.5) is 15.2 Å². The third-order valence-electron chi connectivity index (χ3n) is 4.12. The first kappa shape index (κ1) is 21.2. The fourth-order valence-electron chi connectivity index (χ4n) is 2.65. The van der Waals surface area contributed by atoms with E-state index in [2.05, 4.69) is 15.6 Å². The van der Waals surface area contributed by atoms with Crippen molar-refractivity contribution < 1.29 is 14.0 Å². The monoisotopic (exact) mass is 469 g/mol. The molecular formula is C22H16FN3O2S3. The van der Waals surface area contributed by atoms with Gasteiger partial charge < -0.3 is 10.6 Å². The van der Waals surface area contributed by atoms with E-state index in [1.165, 1.54) is 41.3 Å². The van der Waals surface area contributed by atoms with Gasteiger partial charge in [-0.05, 0) is 47.8 Å². The van der Waals surface area contributed by atoms with Gasteiger partial charge in [-0.15, -0.1) is 34.4 Å². The van der Waals surface area contributed by atoms with Crippen molar-refractivity contribution in [3.63, 3.8) is 0 Å². The first-order valence-corrected chi connectivity index (χ1v) is 11.9. The van der Waals surface area contributed by atoms with E-state index in [4.69, 9.17) is 0 Å². The smallest absolute Gasteiger partial charge is 0.258 e. The number of nitrogens with zero attached hydrogens (tertiary/aromatic N) is 1. The molecule has 0 atom stereocenters. The van der Waals surface area contributed by atoms with Crippen molar-refractivity contribution in [3.05, 3.63) is 82.8 Å². The van der Waals surface area contributed by atoms with Crippen molar-refractivity contribution in [1.29, 1.82) is 0 Å². The van der Waals surface area contributed by atoms with Crippen LogP contribution in [0.25, 0.3) is 10.6 Å². The molecule has 0 aliphatic rings. The van der Waals surface area contributed by atoms with Crippen molar-refractivity contribution in [2.24, 2.45) is 0 Å². The Labute approximate surface area is 190 Å². The normalized spacial score (nSPS) is 10.6. The molecule has 2 N–H and O–H groups in total. The Morgan fingerprint density at radius 3 is 2.52 bits per heavy atom. The molecule has 2 aromatic heterocycles. The lowest BCUT2D eigenvalue weighted by atomic mass is 10.2. The summed E-state index contributed by atoms with van der Waals surface area (Å²) >= 11 is 4.37. The number of thioether (sulfide) groups is 1. The number of amides is 2. The number of halogens is 1. The van der Waals surface area contributed by atoms with Crippen LogP contribution in [0.15, 0.2) is 76.3 Å². The zero-order chi connectivity index (χ0) is 21.6. The minimum atomic E-state index is -0.569. The first-order chi connectivity index (χ1) is 15.1. The molecule has 5 nitrogen and oxygen atoms in total. The lowest BCUT2D eigenvalue weighted by Crippen LogP contribution is -2.14. The third-order valence-corrected chi connectivity index (χ3v) is 6.79. The second-order valence-corrected chi connectivity index (χ2v) is 9.16. The molecule has 4 aromatic rings. The number of hydrogen-bond acceptors (Lipinski definition) is 6. The molecule has 9 heteroatoms. The quantitative estimate of drug-likeness (QED) is 0.326. The number of benzene rings is 2. The Hall–Kier alpha value is -3.01. The van der Waals surface area contributed by atoms with E-state index in [0.717, 1.165) is 15.5 Å². The summed E-state index contributed by atoms with van der Waals surface area (Å²) in [6, 6.07) is 16.8. The highest BCUT2D eigenvalue weighted by molar-refractivity contribution is 8.00.